The number of aryl methyl sites for hydroxylation is 1. The average Bonchev–Trinajstić information content (AvgIpc) is 2.67. The van der Waals surface area contributed by atoms with Crippen LogP contribution in [0.25, 0.3) is 0 Å². The Morgan fingerprint density at radius 1 is 1.04 bits per heavy atom. The number of hydrogen-bond donors (Lipinski definition) is 1. The van der Waals surface area contributed by atoms with Gasteiger partial charge in [-0.05, 0) is 42.3 Å². The summed E-state index contributed by atoms with van der Waals surface area (Å²) in [6.07, 6.45) is 1.66. The molecule has 3 aromatic rings. The molecule has 2 aromatic carbocycles. The molecular weight excluding hydrogens is 310 g/mol. The van der Waals surface area contributed by atoms with Gasteiger partial charge in [0.25, 0.3) is 5.91 Å². The molecule has 25 heavy (non-hydrogen) atoms. The van der Waals surface area contributed by atoms with Crippen molar-refractivity contribution in [3.63, 3.8) is 0 Å². The van der Waals surface area contributed by atoms with E-state index in [1.807, 2.05) is 48.5 Å². The van der Waals surface area contributed by atoms with E-state index in [1.165, 1.54) is 11.1 Å². The SMILES string of the molecule is Cc1ccccc1CNc1ccnc(C(=O)N(C)c2ccccc2)c1. The van der Waals surface area contributed by atoms with Crippen LogP contribution in [0, 0.1) is 6.92 Å². The van der Waals surface area contributed by atoms with Crippen LogP contribution in [0.2, 0.25) is 0 Å². The minimum atomic E-state index is -0.134. The third kappa shape index (κ3) is 4.04. The summed E-state index contributed by atoms with van der Waals surface area (Å²) in [5.74, 6) is -0.134. The standard InChI is InChI=1S/C21H21N3O/c1-16-8-6-7-9-17(16)15-23-18-12-13-22-20(14-18)21(25)24(2)19-10-4-3-5-11-19/h3-14H,15H2,1-2H3,(H,22,23). The predicted molar refractivity (Wildman–Crippen MR) is 102 cm³/mol. The topological polar surface area (TPSA) is 45.2 Å². The number of amides is 1. The molecular formula is C21H21N3O. The van der Waals surface area contributed by atoms with Gasteiger partial charge in [0.2, 0.25) is 0 Å². The van der Waals surface area contributed by atoms with Gasteiger partial charge in [-0.25, -0.2) is 0 Å². The number of hydrogen-bond acceptors (Lipinski definition) is 3. The van der Waals surface area contributed by atoms with Crippen molar-refractivity contribution in [2.75, 3.05) is 17.3 Å². The molecule has 1 aromatic heterocycles. The lowest BCUT2D eigenvalue weighted by Crippen LogP contribution is -2.27. The van der Waals surface area contributed by atoms with Crippen molar-refractivity contribution in [1.82, 2.24) is 4.98 Å². The zero-order valence-electron chi connectivity index (χ0n) is 14.4. The van der Waals surface area contributed by atoms with Crippen LogP contribution in [0.4, 0.5) is 11.4 Å². The summed E-state index contributed by atoms with van der Waals surface area (Å²) in [5.41, 5.74) is 4.61. The Morgan fingerprint density at radius 2 is 1.76 bits per heavy atom. The number of carbonyl (C=O) groups excluding carboxylic acids is 1. The van der Waals surface area contributed by atoms with Crippen LogP contribution >= 0.6 is 0 Å². The maximum Gasteiger partial charge on any atom is 0.276 e. The molecule has 0 spiro atoms. The zero-order chi connectivity index (χ0) is 17.6. The molecule has 0 saturated carbocycles. The molecule has 1 amide bonds. The fourth-order valence-corrected chi connectivity index (χ4v) is 2.60. The van der Waals surface area contributed by atoms with Crippen molar-refractivity contribution in [2.24, 2.45) is 0 Å². The molecule has 0 radical (unpaired) electrons. The molecule has 1 N–H and O–H groups in total. The van der Waals surface area contributed by atoms with Crippen molar-refractivity contribution in [2.45, 2.75) is 13.5 Å². The number of nitrogens with zero attached hydrogens (tertiary/aromatic N) is 2. The summed E-state index contributed by atoms with van der Waals surface area (Å²) in [6.45, 7) is 2.80. The molecule has 4 nitrogen and oxygen atoms in total. The van der Waals surface area contributed by atoms with Gasteiger partial charge < -0.3 is 10.2 Å². The molecule has 0 bridgehead atoms. The molecule has 1 heterocycles. The maximum absolute atomic E-state index is 12.7. The first-order valence-electron chi connectivity index (χ1n) is 8.22. The summed E-state index contributed by atoms with van der Waals surface area (Å²) >= 11 is 0. The van der Waals surface area contributed by atoms with Crippen molar-refractivity contribution < 1.29 is 4.79 Å². The van der Waals surface area contributed by atoms with Crippen LogP contribution in [0.1, 0.15) is 21.6 Å². The quantitative estimate of drug-likeness (QED) is 0.759. The molecule has 3 rings (SSSR count). The Labute approximate surface area is 148 Å². The molecule has 4 heteroatoms. The van der Waals surface area contributed by atoms with Gasteiger partial charge in [-0.15, -0.1) is 0 Å². The van der Waals surface area contributed by atoms with Gasteiger partial charge in [0.1, 0.15) is 5.69 Å². The number of benzene rings is 2. The van der Waals surface area contributed by atoms with Crippen LogP contribution in [0.3, 0.4) is 0 Å². The fourth-order valence-electron chi connectivity index (χ4n) is 2.60. The Balaban J connectivity index is 1.73. The highest BCUT2D eigenvalue weighted by Gasteiger charge is 2.15. The van der Waals surface area contributed by atoms with Gasteiger partial charge in [-0.1, -0.05) is 42.5 Å². The van der Waals surface area contributed by atoms with Crippen molar-refractivity contribution >= 4 is 17.3 Å². The summed E-state index contributed by atoms with van der Waals surface area (Å²) in [6, 6.07) is 21.5. The van der Waals surface area contributed by atoms with Gasteiger partial charge in [-0.2, -0.15) is 0 Å². The van der Waals surface area contributed by atoms with Crippen LogP contribution in [-0.2, 0) is 6.54 Å². The first kappa shape index (κ1) is 16.7. The number of rotatable bonds is 5. The van der Waals surface area contributed by atoms with Crippen LogP contribution in [-0.4, -0.2) is 17.9 Å². The average molecular weight is 331 g/mol. The van der Waals surface area contributed by atoms with E-state index in [0.717, 1.165) is 11.4 Å². The lowest BCUT2D eigenvalue weighted by molar-refractivity contribution is 0.0988. The third-order valence-corrected chi connectivity index (χ3v) is 4.17. The summed E-state index contributed by atoms with van der Waals surface area (Å²) in [5, 5.41) is 3.36. The number of pyridine rings is 1. The number of nitrogens with one attached hydrogen (secondary N) is 1. The van der Waals surface area contributed by atoms with Crippen LogP contribution in [0.5, 0.6) is 0 Å². The largest absolute Gasteiger partial charge is 0.381 e. The highest BCUT2D eigenvalue weighted by atomic mass is 16.2. The van der Waals surface area contributed by atoms with Crippen LogP contribution < -0.4 is 10.2 Å². The molecule has 0 unspecified atom stereocenters. The Bertz CT molecular complexity index is 862. The van der Waals surface area contributed by atoms with E-state index in [2.05, 4.69) is 29.4 Å². The number of carbonyl (C=O) groups is 1. The lowest BCUT2D eigenvalue weighted by atomic mass is 10.1. The fraction of sp³-hybridized carbons (Fsp3) is 0.143. The summed E-state index contributed by atoms with van der Waals surface area (Å²) in [7, 11) is 1.76. The first-order chi connectivity index (χ1) is 12.1. The second-order valence-electron chi connectivity index (χ2n) is 5.91. The van der Waals surface area contributed by atoms with Gasteiger partial charge in [0.05, 0.1) is 0 Å². The summed E-state index contributed by atoms with van der Waals surface area (Å²) < 4.78 is 0. The van der Waals surface area contributed by atoms with E-state index < -0.39 is 0 Å². The third-order valence-electron chi connectivity index (χ3n) is 4.17. The Hall–Kier alpha value is -3.14. The summed E-state index contributed by atoms with van der Waals surface area (Å²) in [4.78, 5) is 18.5. The minimum Gasteiger partial charge on any atom is -0.381 e. The maximum atomic E-state index is 12.7. The van der Waals surface area contributed by atoms with E-state index in [1.54, 1.807) is 24.2 Å². The highest BCUT2D eigenvalue weighted by molar-refractivity contribution is 6.04. The van der Waals surface area contributed by atoms with Gasteiger partial charge >= 0.3 is 0 Å². The molecule has 0 atom stereocenters. The molecule has 0 aliphatic heterocycles. The predicted octanol–water partition coefficient (Wildman–Crippen LogP) is 4.28. The van der Waals surface area contributed by atoms with Crippen molar-refractivity contribution in [1.29, 1.82) is 0 Å². The van der Waals surface area contributed by atoms with E-state index in [-0.39, 0.29) is 5.91 Å². The second-order valence-corrected chi connectivity index (χ2v) is 5.91. The Morgan fingerprint density at radius 3 is 2.52 bits per heavy atom. The van der Waals surface area contributed by atoms with E-state index in [4.69, 9.17) is 0 Å². The number of anilines is 2. The van der Waals surface area contributed by atoms with Gasteiger partial charge in [0, 0.05) is 31.2 Å². The lowest BCUT2D eigenvalue weighted by Gasteiger charge is -2.17. The van der Waals surface area contributed by atoms with Gasteiger partial charge in [-0.3, -0.25) is 9.78 Å². The minimum absolute atomic E-state index is 0.134. The Kier molecular flexibility index (Phi) is 5.09. The molecule has 0 aliphatic carbocycles. The van der Waals surface area contributed by atoms with E-state index in [0.29, 0.717) is 12.2 Å². The molecule has 0 aliphatic rings. The normalized spacial score (nSPS) is 10.3. The highest BCUT2D eigenvalue weighted by Crippen LogP contribution is 2.17. The molecule has 126 valence electrons. The van der Waals surface area contributed by atoms with Gasteiger partial charge in [0.15, 0.2) is 0 Å². The van der Waals surface area contributed by atoms with Crippen molar-refractivity contribution in [3.05, 3.63) is 89.7 Å². The van der Waals surface area contributed by atoms with E-state index >= 15 is 0 Å². The van der Waals surface area contributed by atoms with Crippen molar-refractivity contribution in [3.8, 4) is 0 Å². The van der Waals surface area contributed by atoms with E-state index in [9.17, 15) is 4.79 Å². The second kappa shape index (κ2) is 7.62. The smallest absolute Gasteiger partial charge is 0.276 e. The number of para-hydroxylation sites is 1. The first-order valence-corrected chi connectivity index (χ1v) is 8.22. The number of aromatic nitrogens is 1. The zero-order valence-corrected chi connectivity index (χ0v) is 14.4. The molecule has 0 fully saturated rings. The molecule has 0 saturated heterocycles. The monoisotopic (exact) mass is 331 g/mol. The van der Waals surface area contributed by atoms with Crippen LogP contribution in [0.15, 0.2) is 72.9 Å².